The van der Waals surface area contributed by atoms with E-state index in [1.807, 2.05) is 31.2 Å². The molecular formula is C13H12N4O. The second kappa shape index (κ2) is 4.19. The van der Waals surface area contributed by atoms with Crippen LogP contribution in [0.3, 0.4) is 0 Å². The molecule has 3 aromatic rings. The van der Waals surface area contributed by atoms with Crippen molar-refractivity contribution in [3.8, 4) is 11.5 Å². The van der Waals surface area contributed by atoms with Crippen molar-refractivity contribution < 1.29 is 4.42 Å². The Morgan fingerprint density at radius 2 is 2.11 bits per heavy atom. The SMILES string of the molecule is Cc1ccc2oc(-c3ccnc(CN)c3)nc2n1. The summed E-state index contributed by atoms with van der Waals surface area (Å²) in [5, 5.41) is 0. The van der Waals surface area contributed by atoms with Gasteiger partial charge in [0.15, 0.2) is 11.2 Å². The van der Waals surface area contributed by atoms with E-state index in [0.717, 1.165) is 17.0 Å². The number of hydrogen-bond donors (Lipinski definition) is 1. The van der Waals surface area contributed by atoms with Gasteiger partial charge in [0.05, 0.1) is 5.69 Å². The van der Waals surface area contributed by atoms with Crippen molar-refractivity contribution in [1.29, 1.82) is 0 Å². The molecule has 0 aliphatic carbocycles. The first-order valence-corrected chi connectivity index (χ1v) is 5.66. The van der Waals surface area contributed by atoms with Crippen LogP contribution in [-0.4, -0.2) is 15.0 Å². The van der Waals surface area contributed by atoms with E-state index in [1.54, 1.807) is 6.20 Å². The largest absolute Gasteiger partial charge is 0.434 e. The third-order valence-electron chi connectivity index (χ3n) is 2.67. The van der Waals surface area contributed by atoms with Crippen LogP contribution in [0.15, 0.2) is 34.9 Å². The lowest BCUT2D eigenvalue weighted by molar-refractivity contribution is 0.619. The molecule has 2 N–H and O–H groups in total. The average Bonchev–Trinajstić information content (AvgIpc) is 2.81. The van der Waals surface area contributed by atoms with Crippen molar-refractivity contribution in [3.05, 3.63) is 41.9 Å². The Kier molecular flexibility index (Phi) is 2.53. The second-order valence-corrected chi connectivity index (χ2v) is 4.03. The van der Waals surface area contributed by atoms with Crippen molar-refractivity contribution in [2.75, 3.05) is 0 Å². The monoisotopic (exact) mass is 240 g/mol. The van der Waals surface area contributed by atoms with Crippen molar-refractivity contribution in [2.45, 2.75) is 13.5 Å². The van der Waals surface area contributed by atoms with Gasteiger partial charge in [-0.25, -0.2) is 4.98 Å². The fourth-order valence-electron chi connectivity index (χ4n) is 1.76. The minimum Gasteiger partial charge on any atom is -0.434 e. The minimum absolute atomic E-state index is 0.394. The quantitative estimate of drug-likeness (QED) is 0.741. The van der Waals surface area contributed by atoms with E-state index in [-0.39, 0.29) is 0 Å². The van der Waals surface area contributed by atoms with Gasteiger partial charge in [-0.1, -0.05) is 0 Å². The van der Waals surface area contributed by atoms with Gasteiger partial charge >= 0.3 is 0 Å². The number of nitrogens with two attached hydrogens (primary N) is 1. The summed E-state index contributed by atoms with van der Waals surface area (Å²) in [6.45, 7) is 2.32. The molecule has 0 saturated carbocycles. The normalized spacial score (nSPS) is 11.0. The van der Waals surface area contributed by atoms with Gasteiger partial charge in [0, 0.05) is 24.0 Å². The molecule has 0 atom stereocenters. The maximum atomic E-state index is 5.67. The topological polar surface area (TPSA) is 77.8 Å². The summed E-state index contributed by atoms with van der Waals surface area (Å²) in [5.74, 6) is 0.542. The summed E-state index contributed by atoms with van der Waals surface area (Å²) in [7, 11) is 0. The molecule has 0 aliphatic heterocycles. The summed E-state index contributed by atoms with van der Waals surface area (Å²) in [4.78, 5) is 12.8. The zero-order valence-electron chi connectivity index (χ0n) is 9.92. The number of rotatable bonds is 2. The van der Waals surface area contributed by atoms with E-state index in [2.05, 4.69) is 15.0 Å². The van der Waals surface area contributed by atoms with Gasteiger partial charge in [-0.05, 0) is 31.2 Å². The molecular weight excluding hydrogens is 228 g/mol. The van der Waals surface area contributed by atoms with E-state index < -0.39 is 0 Å². The molecule has 0 saturated heterocycles. The van der Waals surface area contributed by atoms with Gasteiger partial charge in [0.1, 0.15) is 0 Å². The lowest BCUT2D eigenvalue weighted by Gasteiger charge is -1.97. The molecule has 0 spiro atoms. The van der Waals surface area contributed by atoms with Gasteiger partial charge < -0.3 is 10.2 Å². The first kappa shape index (κ1) is 10.9. The summed E-state index contributed by atoms with van der Waals surface area (Å²) in [6.07, 6.45) is 1.70. The van der Waals surface area contributed by atoms with Gasteiger partial charge in [-0.2, -0.15) is 4.98 Å². The number of aryl methyl sites for hydroxylation is 1. The van der Waals surface area contributed by atoms with Crippen LogP contribution >= 0.6 is 0 Å². The van der Waals surface area contributed by atoms with Crippen LogP contribution in [0.4, 0.5) is 0 Å². The molecule has 0 amide bonds. The van der Waals surface area contributed by atoms with Crippen LogP contribution in [-0.2, 0) is 6.54 Å². The van der Waals surface area contributed by atoms with E-state index in [1.165, 1.54) is 0 Å². The lowest BCUT2D eigenvalue weighted by Crippen LogP contribution is -1.98. The maximum Gasteiger partial charge on any atom is 0.229 e. The third-order valence-corrected chi connectivity index (χ3v) is 2.67. The molecule has 0 unspecified atom stereocenters. The minimum atomic E-state index is 0.394. The zero-order chi connectivity index (χ0) is 12.5. The van der Waals surface area contributed by atoms with Crippen LogP contribution in [0.5, 0.6) is 0 Å². The highest BCUT2D eigenvalue weighted by Gasteiger charge is 2.09. The summed E-state index contributed by atoms with van der Waals surface area (Å²) < 4.78 is 5.67. The first-order valence-electron chi connectivity index (χ1n) is 5.66. The Morgan fingerprint density at radius 3 is 2.94 bits per heavy atom. The molecule has 5 heteroatoms. The standard InChI is InChI=1S/C13H12N4O/c1-8-2-3-11-12(16-8)17-13(18-11)9-4-5-15-10(6-9)7-14/h2-6H,7,14H2,1H3. The van der Waals surface area contributed by atoms with Gasteiger partial charge in [-0.15, -0.1) is 0 Å². The molecule has 0 radical (unpaired) electrons. The van der Waals surface area contributed by atoms with E-state index in [4.69, 9.17) is 10.2 Å². The van der Waals surface area contributed by atoms with Crippen molar-refractivity contribution in [2.24, 2.45) is 5.73 Å². The molecule has 0 aliphatic rings. The summed E-state index contributed by atoms with van der Waals surface area (Å²) >= 11 is 0. The number of hydrogen-bond acceptors (Lipinski definition) is 5. The van der Waals surface area contributed by atoms with Crippen molar-refractivity contribution in [1.82, 2.24) is 15.0 Å². The van der Waals surface area contributed by atoms with Crippen LogP contribution in [0.25, 0.3) is 22.7 Å². The van der Waals surface area contributed by atoms with Crippen LogP contribution in [0.1, 0.15) is 11.4 Å². The smallest absolute Gasteiger partial charge is 0.229 e. The Bertz CT molecular complexity index is 705. The van der Waals surface area contributed by atoms with E-state index in [9.17, 15) is 0 Å². The molecule has 3 aromatic heterocycles. The van der Waals surface area contributed by atoms with Crippen molar-refractivity contribution in [3.63, 3.8) is 0 Å². The second-order valence-electron chi connectivity index (χ2n) is 4.03. The van der Waals surface area contributed by atoms with E-state index in [0.29, 0.717) is 23.7 Å². The zero-order valence-corrected chi connectivity index (χ0v) is 9.92. The van der Waals surface area contributed by atoms with E-state index >= 15 is 0 Å². The third kappa shape index (κ3) is 1.84. The average molecular weight is 240 g/mol. The predicted molar refractivity (Wildman–Crippen MR) is 67.7 cm³/mol. The molecule has 5 nitrogen and oxygen atoms in total. The van der Waals surface area contributed by atoms with Crippen LogP contribution in [0.2, 0.25) is 0 Å². The maximum absolute atomic E-state index is 5.67. The predicted octanol–water partition coefficient (Wildman–Crippen LogP) is 2.05. The van der Waals surface area contributed by atoms with Crippen LogP contribution < -0.4 is 5.73 Å². The number of oxazole rings is 1. The number of fused-ring (bicyclic) bond motifs is 1. The molecule has 0 fully saturated rings. The Hall–Kier alpha value is -2.27. The molecule has 0 bridgehead atoms. The number of aromatic nitrogens is 3. The Labute approximate surface area is 104 Å². The highest BCUT2D eigenvalue weighted by atomic mass is 16.3. The molecule has 90 valence electrons. The summed E-state index contributed by atoms with van der Waals surface area (Å²) in [5.41, 5.74) is 9.45. The van der Waals surface area contributed by atoms with Gasteiger partial charge in [0.2, 0.25) is 5.89 Å². The van der Waals surface area contributed by atoms with Gasteiger partial charge in [-0.3, -0.25) is 4.98 Å². The molecule has 3 rings (SSSR count). The Balaban J connectivity index is 2.13. The fraction of sp³-hybridized carbons (Fsp3) is 0.154. The Morgan fingerprint density at radius 1 is 1.22 bits per heavy atom. The lowest BCUT2D eigenvalue weighted by atomic mass is 10.2. The fourth-order valence-corrected chi connectivity index (χ4v) is 1.76. The molecule has 0 aromatic carbocycles. The highest BCUT2D eigenvalue weighted by molar-refractivity contribution is 5.72. The van der Waals surface area contributed by atoms with Gasteiger partial charge in [0.25, 0.3) is 0 Å². The summed E-state index contributed by atoms with van der Waals surface area (Å²) in [6, 6.07) is 7.49. The first-order chi connectivity index (χ1) is 8.76. The number of pyridine rings is 2. The molecule has 3 heterocycles. The van der Waals surface area contributed by atoms with Crippen LogP contribution in [0, 0.1) is 6.92 Å². The van der Waals surface area contributed by atoms with Crippen molar-refractivity contribution >= 4 is 11.2 Å². The highest BCUT2D eigenvalue weighted by Crippen LogP contribution is 2.23. The molecule has 18 heavy (non-hydrogen) atoms. The number of nitrogens with zero attached hydrogens (tertiary/aromatic N) is 3.